The van der Waals surface area contributed by atoms with Gasteiger partial charge in [0.1, 0.15) is 34.2 Å². The Kier molecular flexibility index (Phi) is 26.8. The van der Waals surface area contributed by atoms with Gasteiger partial charge >= 0.3 is 0 Å². The van der Waals surface area contributed by atoms with Gasteiger partial charge < -0.3 is 0 Å². The van der Waals surface area contributed by atoms with Gasteiger partial charge in [0.2, 0.25) is 0 Å². The van der Waals surface area contributed by atoms with Crippen LogP contribution < -0.4 is 27.4 Å². The molecule has 18 aromatic rings. The van der Waals surface area contributed by atoms with Crippen molar-refractivity contribution in [3.05, 3.63) is 423 Å². The summed E-state index contributed by atoms with van der Waals surface area (Å²) in [7, 11) is 12.6. The van der Waals surface area contributed by atoms with E-state index in [0.717, 1.165) is 73.4 Å². The maximum atomic E-state index is 4.82. The lowest BCUT2D eigenvalue weighted by molar-refractivity contribution is -0.663. The second kappa shape index (κ2) is 39.5. The number of hydrogen-bond donors (Lipinski definition) is 0. The van der Waals surface area contributed by atoms with Crippen LogP contribution >= 0.6 is 0 Å². The third-order valence-corrected chi connectivity index (χ3v) is 30.3. The summed E-state index contributed by atoms with van der Waals surface area (Å²) in [5, 5.41) is 0. The highest BCUT2D eigenvalue weighted by molar-refractivity contribution is 5.88. The molecule has 0 aliphatic heterocycles. The van der Waals surface area contributed by atoms with E-state index in [2.05, 4.69) is 427 Å². The Balaban J connectivity index is 0.000000109. The molecular weight excluding hydrogens is 1740 g/mol. The number of aromatic nitrogens is 12. The van der Waals surface area contributed by atoms with Crippen LogP contribution in [-0.4, -0.2) is 29.9 Å². The Labute approximate surface area is 847 Å². The molecule has 6 aromatic heterocycles. The fraction of sp³-hybridized carbons (Fsp3) is 0.267. The Bertz CT molecular complexity index is 8190. The van der Waals surface area contributed by atoms with Gasteiger partial charge in [-0.25, -0.2) is 27.4 Å². The van der Waals surface area contributed by atoms with Crippen LogP contribution in [0, 0.1) is 117 Å². The van der Waals surface area contributed by atoms with Gasteiger partial charge in [0, 0.05) is 105 Å². The summed E-state index contributed by atoms with van der Waals surface area (Å²) in [6.45, 7) is 43.9. The molecule has 0 amide bonds. The standard InChI is InChI=1S/C24H27N2.C23H25N2.4C21H21N2/c1-15(2)11-18-7-6-8-19-21(18)13-22-23(19)25-14-26(5)24(22)20-12-16(3)9-10-17(20)4;1-14(2)17-7-6-8-18-20(17)12-21-22(18)24-13-25(5)23(21)19-11-15(3)9-10-16(19)4;1-13-6-8-17-16(9-13)11-19-20(17)22-12-23(4)21(19)18-10-14(2)5-7-15(18)3;1-13-5-7-15(3)17(9-13)21-19-11-16-8-6-14(2)10-18(16)20(19)22-12-23(21)4;1-13-8-9-14(2)17(10-13)21-18-11-16-7-5-6-15(3)19(16)20(18)22-12-23(21)4;1-13-8-9-15(3)18(10-13)21-19-11-17-14(2)6-5-7-16(17)20(19)22-12-23(21)4/h6-10,12,14-15H,11,13H2,1-5H3;6-11,13-14H,12H2,1-5H3;4*5-10,12H,11H2,1-4H3/q6*+1. The van der Waals surface area contributed by atoms with Crippen LogP contribution in [0.3, 0.4) is 0 Å². The minimum absolute atomic E-state index is 0.530. The summed E-state index contributed by atoms with van der Waals surface area (Å²) >= 11 is 0. The molecule has 0 saturated heterocycles. The zero-order chi connectivity index (χ0) is 101. The number of nitrogens with zero attached hydrogens (tertiary/aromatic N) is 12. The largest absolute Gasteiger partial charge is 0.287 e. The molecule has 0 atom stereocenters. The molecule has 12 nitrogen and oxygen atoms in total. The van der Waals surface area contributed by atoms with Crippen LogP contribution in [0.15, 0.2) is 256 Å². The molecule has 0 radical (unpaired) electrons. The van der Waals surface area contributed by atoms with E-state index in [0.29, 0.717) is 11.8 Å². The summed E-state index contributed by atoms with van der Waals surface area (Å²) in [6, 6.07) is 80.1. The molecular formula is C131H136N12+6. The van der Waals surface area contributed by atoms with Crippen LogP contribution in [0.25, 0.3) is 135 Å². The first kappa shape index (κ1) is 97.0. The summed E-state index contributed by atoms with van der Waals surface area (Å²) in [6.07, 6.45) is 18.7. The Hall–Kier alpha value is -14.9. The van der Waals surface area contributed by atoms with Crippen LogP contribution in [0.2, 0.25) is 0 Å². The topological polar surface area (TPSA) is 101 Å². The summed E-state index contributed by atoms with van der Waals surface area (Å²) < 4.78 is 13.0. The van der Waals surface area contributed by atoms with Crippen LogP contribution in [0.1, 0.15) is 201 Å². The Morgan fingerprint density at radius 3 is 0.909 bits per heavy atom. The highest BCUT2D eigenvalue weighted by Gasteiger charge is 2.39. The van der Waals surface area contributed by atoms with Gasteiger partial charge in [-0.1, -0.05) is 242 Å². The Morgan fingerprint density at radius 2 is 0.503 bits per heavy atom. The van der Waals surface area contributed by atoms with E-state index in [1.165, 1.54) is 274 Å². The summed E-state index contributed by atoms with van der Waals surface area (Å²) in [5.74, 6) is 1.19. The first-order valence-electron chi connectivity index (χ1n) is 50.9. The quantitative estimate of drug-likeness (QED) is 0.133. The zero-order valence-electron chi connectivity index (χ0n) is 88.7. The molecule has 6 aliphatic rings. The van der Waals surface area contributed by atoms with Crippen molar-refractivity contribution in [1.82, 2.24) is 29.9 Å². The van der Waals surface area contributed by atoms with E-state index in [-0.39, 0.29) is 0 Å². The van der Waals surface area contributed by atoms with E-state index in [1.807, 2.05) is 38.0 Å². The van der Waals surface area contributed by atoms with E-state index in [4.69, 9.17) is 29.9 Å². The van der Waals surface area contributed by atoms with Gasteiger partial charge in [-0.3, -0.25) is 0 Å². The predicted molar refractivity (Wildman–Crippen MR) is 583 cm³/mol. The fourth-order valence-electron chi connectivity index (χ4n) is 23.0. The first-order valence-corrected chi connectivity index (χ1v) is 50.9. The summed E-state index contributed by atoms with van der Waals surface area (Å²) in [4.78, 5) is 28.6. The third kappa shape index (κ3) is 18.6. The molecule has 714 valence electrons. The van der Waals surface area contributed by atoms with E-state index in [9.17, 15) is 0 Å². The van der Waals surface area contributed by atoms with Gasteiger partial charge in [0.05, 0.1) is 75.7 Å². The van der Waals surface area contributed by atoms with Gasteiger partial charge in [-0.05, 0) is 296 Å². The predicted octanol–water partition coefficient (Wildman–Crippen LogP) is 26.1. The fourth-order valence-corrected chi connectivity index (χ4v) is 23.0. The second-order valence-electron chi connectivity index (χ2n) is 42.3. The smallest absolute Gasteiger partial charge is 0.232 e. The zero-order valence-corrected chi connectivity index (χ0v) is 88.7. The molecule has 0 spiro atoms. The SMILES string of the molecule is Cc1ccc(C)c(-c2c3c(nc[n+]2C)-c2c(C)cccc2C3)c1.Cc1ccc(C)c(-c2c3c(nc[n+]2C)-c2cc(C)ccc2C3)c1.Cc1ccc(C)c(-c2c3c(nc[n+]2C)-c2cccc(C(C)C)c2C3)c1.Cc1ccc(C)c(-c2c3c(nc[n+]2C)-c2cccc(C)c2C3)c1.Cc1ccc(C)c(-c2c3c(nc[n+]2C)-c2cccc(CC(C)C)c2C3)c1.Cc1ccc2c(c1)Cc1c-2nc[n+](C)c1-c1cc(C)ccc1C. The maximum Gasteiger partial charge on any atom is 0.287 e. The van der Waals surface area contributed by atoms with Crippen LogP contribution in [0.4, 0.5) is 0 Å². The van der Waals surface area contributed by atoms with Crippen LogP contribution in [0.5, 0.6) is 0 Å². The molecule has 0 unspecified atom stereocenters. The summed E-state index contributed by atoms with van der Waals surface area (Å²) in [5.41, 5.74) is 71.0. The minimum atomic E-state index is 0.530. The van der Waals surface area contributed by atoms with Crippen LogP contribution in [-0.2, 0) is 87.2 Å². The number of rotatable bonds is 9. The normalized spacial score (nSPS) is 12.3. The van der Waals surface area contributed by atoms with Gasteiger partial charge in [0.15, 0.2) is 34.2 Å². The first-order chi connectivity index (χ1) is 68.6. The maximum absolute atomic E-state index is 4.82. The van der Waals surface area contributed by atoms with Crippen molar-refractivity contribution < 1.29 is 27.4 Å². The lowest BCUT2D eigenvalue weighted by Crippen LogP contribution is -2.33. The van der Waals surface area contributed by atoms with E-state index < -0.39 is 0 Å². The van der Waals surface area contributed by atoms with E-state index in [1.54, 1.807) is 0 Å². The second-order valence-corrected chi connectivity index (χ2v) is 42.3. The lowest BCUT2D eigenvalue weighted by Gasteiger charge is -2.11. The molecule has 12 aromatic carbocycles. The van der Waals surface area contributed by atoms with E-state index >= 15 is 0 Å². The number of aryl methyl sites for hydroxylation is 22. The molecule has 143 heavy (non-hydrogen) atoms. The highest BCUT2D eigenvalue weighted by atomic mass is 15.0. The molecule has 0 saturated carbocycles. The minimum Gasteiger partial charge on any atom is -0.232 e. The molecule has 6 aliphatic carbocycles. The average Bonchev–Trinajstić information content (AvgIpc) is 1.64. The molecule has 0 fully saturated rings. The number of fused-ring (bicyclic) bond motifs is 18. The van der Waals surface area contributed by atoms with Crippen molar-refractivity contribution in [2.45, 2.75) is 189 Å². The van der Waals surface area contributed by atoms with Crippen molar-refractivity contribution in [1.29, 1.82) is 0 Å². The average molecular weight is 1880 g/mol. The molecule has 6 heterocycles. The number of hydrogen-bond acceptors (Lipinski definition) is 6. The monoisotopic (exact) mass is 1880 g/mol. The van der Waals surface area contributed by atoms with Crippen molar-refractivity contribution in [3.8, 4) is 135 Å². The lowest BCUT2D eigenvalue weighted by atomic mass is 9.93. The van der Waals surface area contributed by atoms with Gasteiger partial charge in [0.25, 0.3) is 38.0 Å². The van der Waals surface area contributed by atoms with Gasteiger partial charge in [-0.15, -0.1) is 0 Å². The van der Waals surface area contributed by atoms with Gasteiger partial charge in [-0.2, -0.15) is 0 Å². The molecule has 24 rings (SSSR count). The highest BCUT2D eigenvalue weighted by Crippen LogP contribution is 2.49. The molecule has 0 bridgehead atoms. The van der Waals surface area contributed by atoms with Crippen molar-refractivity contribution in [2.75, 3.05) is 0 Å². The van der Waals surface area contributed by atoms with Crippen molar-refractivity contribution >= 4 is 0 Å². The van der Waals surface area contributed by atoms with Crippen molar-refractivity contribution in [2.24, 2.45) is 48.2 Å². The Morgan fingerprint density at radius 1 is 0.217 bits per heavy atom. The third-order valence-electron chi connectivity index (χ3n) is 30.3. The number of benzene rings is 12. The molecule has 12 heteroatoms. The van der Waals surface area contributed by atoms with Crippen molar-refractivity contribution in [3.63, 3.8) is 0 Å². The molecule has 0 N–H and O–H groups in total.